The number of carbonyl (C=O) groups is 1. The van der Waals surface area contributed by atoms with E-state index in [1.54, 1.807) is 22.3 Å². The zero-order valence-electron chi connectivity index (χ0n) is 19.4. The predicted molar refractivity (Wildman–Crippen MR) is 124 cm³/mol. The van der Waals surface area contributed by atoms with Gasteiger partial charge in [-0.05, 0) is 56.1 Å². The van der Waals surface area contributed by atoms with Gasteiger partial charge in [-0.3, -0.25) is 9.69 Å². The van der Waals surface area contributed by atoms with Crippen LogP contribution >= 0.6 is 11.3 Å². The second-order valence-corrected chi connectivity index (χ2v) is 10.8. The van der Waals surface area contributed by atoms with Crippen LogP contribution in [-0.4, -0.2) is 66.2 Å². The van der Waals surface area contributed by atoms with Gasteiger partial charge in [0.2, 0.25) is 5.91 Å². The zero-order valence-corrected chi connectivity index (χ0v) is 20.2. The number of nitrogens with zero attached hydrogens (tertiary/aromatic N) is 4. The van der Waals surface area contributed by atoms with Gasteiger partial charge in [0, 0.05) is 30.1 Å². The first kappa shape index (κ1) is 23.5. The molecule has 1 saturated carbocycles. The number of hydrogen-bond acceptors (Lipinski definition) is 8. The molecule has 0 bridgehead atoms. The number of aromatic nitrogens is 2. The maximum absolute atomic E-state index is 13.2. The van der Waals surface area contributed by atoms with Gasteiger partial charge in [0.1, 0.15) is 5.76 Å². The number of anilines is 1. The Kier molecular flexibility index (Phi) is 6.74. The van der Waals surface area contributed by atoms with Gasteiger partial charge in [0.15, 0.2) is 5.13 Å². The van der Waals surface area contributed by atoms with E-state index in [1.807, 2.05) is 0 Å². The molecule has 1 aliphatic carbocycles. The third-order valence-electron chi connectivity index (χ3n) is 7.06. The molecule has 0 atom stereocenters. The van der Waals surface area contributed by atoms with Crippen LogP contribution in [-0.2, 0) is 24.2 Å². The van der Waals surface area contributed by atoms with Crippen molar-refractivity contribution < 1.29 is 22.8 Å². The van der Waals surface area contributed by atoms with Crippen molar-refractivity contribution in [2.45, 2.75) is 63.5 Å². The topological polar surface area (TPSA) is 83.7 Å². The van der Waals surface area contributed by atoms with E-state index in [0.717, 1.165) is 69.0 Å². The van der Waals surface area contributed by atoms with Gasteiger partial charge in [-0.15, -0.1) is 11.3 Å². The first-order valence-corrected chi connectivity index (χ1v) is 12.8. The maximum Gasteiger partial charge on any atom is 0.282 e. The molecule has 1 amide bonds. The van der Waals surface area contributed by atoms with Crippen molar-refractivity contribution in [1.29, 1.82) is 0 Å². The lowest BCUT2D eigenvalue weighted by Gasteiger charge is -2.38. The number of fused-ring (bicyclic) bond motifs is 1. The summed E-state index contributed by atoms with van der Waals surface area (Å²) >= 11 is 1.58. The third kappa shape index (κ3) is 5.51. The minimum Gasteiger partial charge on any atom is -0.479 e. The lowest BCUT2D eigenvalue weighted by Crippen LogP contribution is -2.56. The number of thiazole rings is 1. The monoisotopic (exact) mass is 495 g/mol. The number of amides is 1. The van der Waals surface area contributed by atoms with Gasteiger partial charge in [-0.25, -0.2) is 13.8 Å². The van der Waals surface area contributed by atoms with E-state index in [0.29, 0.717) is 17.6 Å². The van der Waals surface area contributed by atoms with E-state index in [-0.39, 0.29) is 31.5 Å². The van der Waals surface area contributed by atoms with E-state index in [9.17, 15) is 13.6 Å². The predicted octanol–water partition coefficient (Wildman–Crippen LogP) is 3.26. The van der Waals surface area contributed by atoms with Crippen LogP contribution in [0.5, 0.6) is 5.88 Å². The molecule has 4 heterocycles. The summed E-state index contributed by atoms with van der Waals surface area (Å²) in [6.45, 7) is 2.43. The number of hydrogen-bond donors (Lipinski definition) is 1. The number of halogens is 2. The summed E-state index contributed by atoms with van der Waals surface area (Å²) in [5.74, 6) is -1.06. The van der Waals surface area contributed by atoms with Crippen LogP contribution in [0.3, 0.4) is 0 Å². The second-order valence-electron chi connectivity index (χ2n) is 9.69. The summed E-state index contributed by atoms with van der Waals surface area (Å²) < 4.78 is 36.4. The lowest BCUT2D eigenvalue weighted by molar-refractivity contribution is -0.121. The fourth-order valence-electron chi connectivity index (χ4n) is 5.08. The molecule has 1 saturated heterocycles. The molecule has 0 radical (unpaired) electrons. The van der Waals surface area contributed by atoms with Crippen LogP contribution < -0.4 is 15.0 Å². The molecule has 0 unspecified atom stereocenters. The van der Waals surface area contributed by atoms with Gasteiger partial charge >= 0.3 is 0 Å². The third-order valence-corrected chi connectivity index (χ3v) is 8.28. The molecule has 3 aliphatic rings. The first-order valence-electron chi connectivity index (χ1n) is 12.0. The van der Waals surface area contributed by atoms with Crippen LogP contribution in [0.4, 0.5) is 13.9 Å². The van der Waals surface area contributed by atoms with Crippen LogP contribution in [0.15, 0.2) is 10.6 Å². The summed E-state index contributed by atoms with van der Waals surface area (Å²) in [7, 11) is 1.51. The Labute approximate surface area is 201 Å². The summed E-state index contributed by atoms with van der Waals surface area (Å²) in [5, 5.41) is 7.59. The smallest absolute Gasteiger partial charge is 0.282 e. The average Bonchev–Trinajstić information content (AvgIpc) is 3.43. The highest BCUT2D eigenvalue weighted by atomic mass is 32.1. The fourth-order valence-corrected chi connectivity index (χ4v) is 6.14. The molecule has 5 rings (SSSR count). The largest absolute Gasteiger partial charge is 0.479 e. The van der Waals surface area contributed by atoms with Gasteiger partial charge in [0.05, 0.1) is 32.3 Å². The van der Waals surface area contributed by atoms with E-state index in [4.69, 9.17) is 9.26 Å². The first-order chi connectivity index (χ1) is 16.4. The Morgan fingerprint density at radius 1 is 1.32 bits per heavy atom. The van der Waals surface area contributed by atoms with E-state index in [2.05, 4.69) is 20.4 Å². The maximum atomic E-state index is 13.2. The minimum atomic E-state index is -2.56. The molecular formula is C23H31F2N5O3S. The Morgan fingerprint density at radius 2 is 2.12 bits per heavy atom. The molecule has 0 aromatic carbocycles. The number of ether oxygens (including phenoxy) is 1. The second kappa shape index (κ2) is 9.77. The Morgan fingerprint density at radius 3 is 2.82 bits per heavy atom. The van der Waals surface area contributed by atoms with E-state index < -0.39 is 5.92 Å². The lowest BCUT2D eigenvalue weighted by atomic mass is 9.84. The molecule has 34 heavy (non-hydrogen) atoms. The molecule has 1 N–H and O–H groups in total. The van der Waals surface area contributed by atoms with Crippen molar-refractivity contribution in [3.8, 4) is 5.88 Å². The van der Waals surface area contributed by atoms with Crippen LogP contribution in [0.25, 0.3) is 0 Å². The Balaban J connectivity index is 1.01. The van der Waals surface area contributed by atoms with E-state index >= 15 is 0 Å². The standard InChI is InChI=1S/C23H31F2N5O3S/c1-32-21-11-17(33-28-21)10-20(31)26-16-4-2-15(3-5-16)6-8-29-9-7-19-18(12-29)27-22(34-19)30-13-23(24,25)14-30/h11,15-16H,2-10,12-14H2,1H3,(H,26,31). The Hall–Kier alpha value is -2.27. The molecule has 2 aliphatic heterocycles. The van der Waals surface area contributed by atoms with Crippen molar-refractivity contribution in [2.24, 2.45) is 5.92 Å². The molecule has 0 spiro atoms. The summed E-state index contributed by atoms with van der Waals surface area (Å²) in [6, 6.07) is 1.85. The number of carbonyl (C=O) groups excluding carboxylic acids is 1. The SMILES string of the molecule is COc1cc(CC(=O)NC2CCC(CCN3CCc4sc(N5CC(F)(F)C5)nc4C3)CC2)on1. The normalized spacial score (nSPS) is 24.4. The quantitative estimate of drug-likeness (QED) is 0.602. The van der Waals surface area contributed by atoms with Crippen LogP contribution in [0, 0.1) is 5.92 Å². The summed E-state index contributed by atoms with van der Waals surface area (Å²) in [4.78, 5) is 22.3. The van der Waals surface area contributed by atoms with Crippen molar-refractivity contribution >= 4 is 22.4 Å². The highest BCUT2D eigenvalue weighted by Crippen LogP contribution is 2.37. The highest BCUT2D eigenvalue weighted by molar-refractivity contribution is 7.15. The number of nitrogens with one attached hydrogen (secondary N) is 1. The molecular weight excluding hydrogens is 464 g/mol. The van der Waals surface area contributed by atoms with Crippen LogP contribution in [0.1, 0.15) is 48.4 Å². The highest BCUT2D eigenvalue weighted by Gasteiger charge is 2.45. The molecule has 11 heteroatoms. The Bertz CT molecular complexity index is 997. The van der Waals surface area contributed by atoms with Gasteiger partial charge < -0.3 is 19.5 Å². The fraction of sp³-hybridized carbons (Fsp3) is 0.696. The number of alkyl halides is 2. The molecule has 2 aromatic rings. The van der Waals surface area contributed by atoms with Gasteiger partial charge in [0.25, 0.3) is 11.8 Å². The zero-order chi connectivity index (χ0) is 23.7. The summed E-state index contributed by atoms with van der Waals surface area (Å²) in [5.41, 5.74) is 1.07. The van der Waals surface area contributed by atoms with Crippen LogP contribution in [0.2, 0.25) is 0 Å². The van der Waals surface area contributed by atoms with Crippen molar-refractivity contribution in [3.63, 3.8) is 0 Å². The van der Waals surface area contributed by atoms with Crippen molar-refractivity contribution in [3.05, 3.63) is 22.4 Å². The molecule has 2 aromatic heterocycles. The van der Waals surface area contributed by atoms with E-state index in [1.165, 1.54) is 12.0 Å². The summed E-state index contributed by atoms with van der Waals surface area (Å²) in [6.07, 6.45) is 6.49. The number of methoxy groups -OCH3 is 1. The van der Waals surface area contributed by atoms with Gasteiger partial charge in [-0.2, -0.15) is 0 Å². The average molecular weight is 496 g/mol. The number of rotatable bonds is 8. The van der Waals surface area contributed by atoms with Gasteiger partial charge in [-0.1, -0.05) is 0 Å². The molecule has 2 fully saturated rings. The molecule has 8 nitrogen and oxygen atoms in total. The molecule has 186 valence electrons. The minimum absolute atomic E-state index is 0.0454. The van der Waals surface area contributed by atoms with Crippen molar-refractivity contribution in [1.82, 2.24) is 20.4 Å². The van der Waals surface area contributed by atoms with Crippen molar-refractivity contribution in [2.75, 3.05) is 38.2 Å².